The van der Waals surface area contributed by atoms with E-state index in [1.165, 1.54) is 12.1 Å². The fourth-order valence-electron chi connectivity index (χ4n) is 2.20. The van der Waals surface area contributed by atoms with Gasteiger partial charge in [-0.05, 0) is 30.4 Å². The number of halogens is 2. The molecular weight excluding hydrogens is 226 g/mol. The molecule has 0 bridgehead atoms. The van der Waals surface area contributed by atoms with Crippen molar-refractivity contribution in [1.29, 1.82) is 0 Å². The second-order valence-electron chi connectivity index (χ2n) is 4.54. The van der Waals surface area contributed by atoms with Crippen molar-refractivity contribution in [1.82, 2.24) is 0 Å². The monoisotopic (exact) mass is 242 g/mol. The molecule has 1 saturated heterocycles. The van der Waals surface area contributed by atoms with Gasteiger partial charge in [-0.15, -0.1) is 0 Å². The molecule has 1 heterocycles. The van der Waals surface area contributed by atoms with Crippen LogP contribution in [0.5, 0.6) is 0 Å². The van der Waals surface area contributed by atoms with E-state index in [4.69, 9.17) is 4.74 Å². The van der Waals surface area contributed by atoms with E-state index in [0.717, 1.165) is 19.1 Å². The van der Waals surface area contributed by atoms with Crippen LogP contribution in [-0.4, -0.2) is 24.4 Å². The minimum Gasteiger partial charge on any atom is -0.393 e. The Kier molecular flexibility index (Phi) is 4.07. The molecule has 4 heteroatoms. The molecule has 17 heavy (non-hydrogen) atoms. The van der Waals surface area contributed by atoms with Crippen molar-refractivity contribution < 1.29 is 18.6 Å². The largest absolute Gasteiger partial charge is 0.393 e. The zero-order valence-corrected chi connectivity index (χ0v) is 9.53. The predicted octanol–water partition coefficient (Wildman–Crippen LogP) is 2.29. The Morgan fingerprint density at radius 1 is 1.41 bits per heavy atom. The van der Waals surface area contributed by atoms with Crippen molar-refractivity contribution in [3.05, 3.63) is 35.4 Å². The Labute approximate surface area is 99.2 Å². The van der Waals surface area contributed by atoms with E-state index in [-0.39, 0.29) is 12.0 Å². The first-order chi connectivity index (χ1) is 8.16. The van der Waals surface area contributed by atoms with Crippen molar-refractivity contribution >= 4 is 0 Å². The van der Waals surface area contributed by atoms with E-state index in [0.29, 0.717) is 18.9 Å². The van der Waals surface area contributed by atoms with Crippen molar-refractivity contribution in [3.63, 3.8) is 0 Å². The molecule has 0 spiro atoms. The molecule has 2 unspecified atom stereocenters. The van der Waals surface area contributed by atoms with Crippen LogP contribution in [0.15, 0.2) is 18.2 Å². The normalized spacial score (nSPS) is 21.7. The standard InChI is InChI=1S/C13H16F2O2/c14-12-3-1-2-10(13(12)15)7-11(16)6-9-4-5-17-8-9/h1-3,9,11,16H,4-8H2. The van der Waals surface area contributed by atoms with Crippen LogP contribution < -0.4 is 0 Å². The Bertz CT molecular complexity index is 376. The maximum Gasteiger partial charge on any atom is 0.162 e. The van der Waals surface area contributed by atoms with Gasteiger partial charge < -0.3 is 9.84 Å². The Morgan fingerprint density at radius 2 is 2.24 bits per heavy atom. The maximum atomic E-state index is 13.4. The van der Waals surface area contributed by atoms with Gasteiger partial charge in [-0.1, -0.05) is 12.1 Å². The summed E-state index contributed by atoms with van der Waals surface area (Å²) in [5.74, 6) is -1.38. The molecule has 0 radical (unpaired) electrons. The molecule has 1 fully saturated rings. The quantitative estimate of drug-likeness (QED) is 0.877. The van der Waals surface area contributed by atoms with Gasteiger partial charge in [0.1, 0.15) is 0 Å². The highest BCUT2D eigenvalue weighted by Gasteiger charge is 2.20. The van der Waals surface area contributed by atoms with Gasteiger partial charge in [0.05, 0.1) is 6.10 Å². The summed E-state index contributed by atoms with van der Waals surface area (Å²) in [6, 6.07) is 4.04. The van der Waals surface area contributed by atoms with Gasteiger partial charge in [-0.25, -0.2) is 8.78 Å². The molecule has 1 aliphatic rings. The van der Waals surface area contributed by atoms with Gasteiger partial charge in [-0.2, -0.15) is 0 Å². The Morgan fingerprint density at radius 3 is 2.94 bits per heavy atom. The number of rotatable bonds is 4. The molecule has 2 nitrogen and oxygen atoms in total. The number of benzene rings is 1. The minimum absolute atomic E-state index is 0.153. The van der Waals surface area contributed by atoms with E-state index in [1.807, 2.05) is 0 Å². The average molecular weight is 242 g/mol. The zero-order chi connectivity index (χ0) is 12.3. The fraction of sp³-hybridized carbons (Fsp3) is 0.538. The lowest BCUT2D eigenvalue weighted by molar-refractivity contribution is 0.128. The van der Waals surface area contributed by atoms with E-state index in [2.05, 4.69) is 0 Å². The molecule has 0 aliphatic carbocycles. The summed E-state index contributed by atoms with van der Waals surface area (Å²) in [5, 5.41) is 9.83. The maximum absolute atomic E-state index is 13.4. The summed E-state index contributed by atoms with van der Waals surface area (Å²) in [4.78, 5) is 0. The lowest BCUT2D eigenvalue weighted by Crippen LogP contribution is -2.17. The highest BCUT2D eigenvalue weighted by Crippen LogP contribution is 2.21. The second kappa shape index (κ2) is 5.56. The highest BCUT2D eigenvalue weighted by atomic mass is 19.2. The van der Waals surface area contributed by atoms with Crippen LogP contribution in [-0.2, 0) is 11.2 Å². The number of ether oxygens (including phenoxy) is 1. The van der Waals surface area contributed by atoms with Crippen LogP contribution >= 0.6 is 0 Å². The van der Waals surface area contributed by atoms with E-state index in [9.17, 15) is 13.9 Å². The zero-order valence-electron chi connectivity index (χ0n) is 9.53. The van der Waals surface area contributed by atoms with Crippen LogP contribution in [0.1, 0.15) is 18.4 Å². The Balaban J connectivity index is 1.93. The first-order valence-corrected chi connectivity index (χ1v) is 5.85. The van der Waals surface area contributed by atoms with E-state index >= 15 is 0 Å². The van der Waals surface area contributed by atoms with Crippen LogP contribution in [0, 0.1) is 17.6 Å². The molecule has 1 aliphatic heterocycles. The van der Waals surface area contributed by atoms with Crippen LogP contribution in [0.3, 0.4) is 0 Å². The number of aliphatic hydroxyl groups excluding tert-OH is 1. The van der Waals surface area contributed by atoms with Crippen LogP contribution in [0.4, 0.5) is 8.78 Å². The molecule has 0 saturated carbocycles. The molecule has 94 valence electrons. The van der Waals surface area contributed by atoms with Crippen molar-refractivity contribution in [3.8, 4) is 0 Å². The van der Waals surface area contributed by atoms with Crippen LogP contribution in [0.2, 0.25) is 0 Å². The summed E-state index contributed by atoms with van der Waals surface area (Å²) in [5.41, 5.74) is 0.233. The molecule has 1 aromatic rings. The summed E-state index contributed by atoms with van der Waals surface area (Å²) in [6.07, 6.45) is 1.02. The Hall–Kier alpha value is -1.00. The third kappa shape index (κ3) is 3.23. The molecule has 0 aromatic heterocycles. The molecule has 2 rings (SSSR count). The summed E-state index contributed by atoms with van der Waals surface area (Å²) in [7, 11) is 0. The number of hydrogen-bond donors (Lipinski definition) is 1. The van der Waals surface area contributed by atoms with Crippen molar-refractivity contribution in [2.75, 3.05) is 13.2 Å². The second-order valence-corrected chi connectivity index (χ2v) is 4.54. The van der Waals surface area contributed by atoms with Gasteiger partial charge in [0, 0.05) is 19.6 Å². The minimum atomic E-state index is -0.862. The fourth-order valence-corrected chi connectivity index (χ4v) is 2.20. The topological polar surface area (TPSA) is 29.5 Å². The molecular formula is C13H16F2O2. The van der Waals surface area contributed by atoms with Gasteiger partial charge in [0.2, 0.25) is 0 Å². The van der Waals surface area contributed by atoms with Gasteiger partial charge >= 0.3 is 0 Å². The first-order valence-electron chi connectivity index (χ1n) is 5.85. The molecule has 2 atom stereocenters. The lowest BCUT2D eigenvalue weighted by atomic mass is 9.96. The van der Waals surface area contributed by atoms with Gasteiger partial charge in [-0.3, -0.25) is 0 Å². The van der Waals surface area contributed by atoms with Crippen LogP contribution in [0.25, 0.3) is 0 Å². The van der Waals surface area contributed by atoms with Crippen molar-refractivity contribution in [2.45, 2.75) is 25.4 Å². The van der Waals surface area contributed by atoms with Gasteiger partial charge in [0.25, 0.3) is 0 Å². The number of hydrogen-bond acceptors (Lipinski definition) is 2. The highest BCUT2D eigenvalue weighted by molar-refractivity contribution is 5.19. The van der Waals surface area contributed by atoms with E-state index < -0.39 is 17.7 Å². The molecule has 0 amide bonds. The average Bonchev–Trinajstić information content (AvgIpc) is 2.77. The molecule has 1 aromatic carbocycles. The van der Waals surface area contributed by atoms with E-state index in [1.54, 1.807) is 0 Å². The number of aliphatic hydroxyl groups is 1. The predicted molar refractivity (Wildman–Crippen MR) is 59.6 cm³/mol. The third-order valence-corrected chi connectivity index (χ3v) is 3.12. The SMILES string of the molecule is OC(Cc1cccc(F)c1F)CC1CCOC1. The lowest BCUT2D eigenvalue weighted by Gasteiger charge is -2.14. The molecule has 1 N–H and O–H groups in total. The van der Waals surface area contributed by atoms with Gasteiger partial charge in [0.15, 0.2) is 11.6 Å². The third-order valence-electron chi connectivity index (χ3n) is 3.12. The smallest absolute Gasteiger partial charge is 0.162 e. The summed E-state index contributed by atoms with van der Waals surface area (Å²) in [6.45, 7) is 1.38. The summed E-state index contributed by atoms with van der Waals surface area (Å²) < 4.78 is 31.5. The summed E-state index contributed by atoms with van der Waals surface area (Å²) >= 11 is 0. The first kappa shape index (κ1) is 12.5. The van der Waals surface area contributed by atoms with Crippen molar-refractivity contribution in [2.24, 2.45) is 5.92 Å².